The van der Waals surface area contributed by atoms with Crippen molar-refractivity contribution in [1.82, 2.24) is 9.97 Å². The number of rotatable bonds is 6. The number of nitrogens with one attached hydrogen (secondary N) is 1. The maximum atomic E-state index is 6.19. The van der Waals surface area contributed by atoms with Crippen LogP contribution in [-0.4, -0.2) is 24.2 Å². The normalized spacial score (nSPS) is 10.8. The molecule has 4 rings (SSSR count). The first-order valence-electron chi connectivity index (χ1n) is 9.07. The Morgan fingerprint density at radius 2 is 1.79 bits per heavy atom. The summed E-state index contributed by atoms with van der Waals surface area (Å²) in [5, 5.41) is 0. The Bertz CT molecular complexity index is 1120. The van der Waals surface area contributed by atoms with Crippen LogP contribution in [0.25, 0.3) is 22.4 Å². The Morgan fingerprint density at radius 3 is 2.57 bits per heavy atom. The number of methoxy groups -OCH3 is 2. The van der Waals surface area contributed by atoms with E-state index in [9.17, 15) is 0 Å². The first-order chi connectivity index (χ1) is 13.7. The minimum Gasteiger partial charge on any atom is -0.497 e. The van der Waals surface area contributed by atoms with Crippen molar-refractivity contribution in [2.75, 3.05) is 14.2 Å². The molecule has 0 fully saturated rings. The Morgan fingerprint density at radius 1 is 0.929 bits per heavy atom. The van der Waals surface area contributed by atoms with Crippen molar-refractivity contribution in [3.8, 4) is 28.6 Å². The molecule has 0 amide bonds. The van der Waals surface area contributed by atoms with Crippen LogP contribution in [0.2, 0.25) is 0 Å². The van der Waals surface area contributed by atoms with Gasteiger partial charge in [-0.15, -0.1) is 0 Å². The number of aromatic nitrogens is 2. The second-order valence-electron chi connectivity index (χ2n) is 6.58. The van der Waals surface area contributed by atoms with E-state index < -0.39 is 0 Å². The van der Waals surface area contributed by atoms with Gasteiger partial charge < -0.3 is 19.2 Å². The molecule has 1 N–H and O–H groups in total. The Balaban J connectivity index is 1.72. The third-order valence-corrected chi connectivity index (χ3v) is 4.61. The summed E-state index contributed by atoms with van der Waals surface area (Å²) >= 11 is 0. The lowest BCUT2D eigenvalue weighted by atomic mass is 10.1. The van der Waals surface area contributed by atoms with E-state index in [1.165, 1.54) is 5.56 Å². The minimum atomic E-state index is 0.448. The van der Waals surface area contributed by atoms with Gasteiger partial charge in [0.1, 0.15) is 18.2 Å². The number of H-pyrrole nitrogens is 1. The van der Waals surface area contributed by atoms with Gasteiger partial charge in [0.2, 0.25) is 0 Å². The Hall–Kier alpha value is -3.47. The standard InChI is InChI=1S/C23H22N2O3/c1-15-6-4-7-16(12-15)14-28-22-18(8-5-9-21(22)27-3)23-24-19-11-10-17(26-2)13-20(19)25-23/h4-13H,14H2,1-3H3,(H,24,25). The van der Waals surface area contributed by atoms with Crippen LogP contribution in [0.4, 0.5) is 0 Å². The molecule has 5 nitrogen and oxygen atoms in total. The maximum Gasteiger partial charge on any atom is 0.172 e. The van der Waals surface area contributed by atoms with Gasteiger partial charge in [0.15, 0.2) is 11.5 Å². The molecular weight excluding hydrogens is 352 g/mol. The highest BCUT2D eigenvalue weighted by Gasteiger charge is 2.16. The topological polar surface area (TPSA) is 56.4 Å². The van der Waals surface area contributed by atoms with Crippen molar-refractivity contribution in [2.24, 2.45) is 0 Å². The molecule has 0 saturated heterocycles. The van der Waals surface area contributed by atoms with Crippen LogP contribution in [0.1, 0.15) is 11.1 Å². The van der Waals surface area contributed by atoms with Crippen LogP contribution in [-0.2, 0) is 6.61 Å². The highest BCUT2D eigenvalue weighted by atomic mass is 16.5. The van der Waals surface area contributed by atoms with Crippen molar-refractivity contribution in [3.05, 3.63) is 71.8 Å². The second-order valence-corrected chi connectivity index (χ2v) is 6.58. The lowest BCUT2D eigenvalue weighted by molar-refractivity contribution is 0.285. The number of hydrogen-bond acceptors (Lipinski definition) is 4. The molecule has 0 atom stereocenters. The largest absolute Gasteiger partial charge is 0.497 e. The zero-order valence-electron chi connectivity index (χ0n) is 16.2. The van der Waals surface area contributed by atoms with E-state index in [0.29, 0.717) is 18.1 Å². The van der Waals surface area contributed by atoms with Crippen molar-refractivity contribution < 1.29 is 14.2 Å². The zero-order valence-corrected chi connectivity index (χ0v) is 16.2. The monoisotopic (exact) mass is 374 g/mol. The quantitative estimate of drug-likeness (QED) is 0.508. The fraction of sp³-hybridized carbons (Fsp3) is 0.174. The summed E-state index contributed by atoms with van der Waals surface area (Å²) in [7, 11) is 3.29. The van der Waals surface area contributed by atoms with Crippen LogP contribution in [0.5, 0.6) is 17.2 Å². The fourth-order valence-electron chi connectivity index (χ4n) is 3.21. The van der Waals surface area contributed by atoms with Crippen molar-refractivity contribution >= 4 is 11.0 Å². The number of aromatic amines is 1. The van der Waals surface area contributed by atoms with E-state index in [0.717, 1.165) is 33.7 Å². The van der Waals surface area contributed by atoms with E-state index in [2.05, 4.69) is 30.1 Å². The molecule has 0 unspecified atom stereocenters. The van der Waals surface area contributed by atoms with Gasteiger partial charge in [-0.05, 0) is 36.8 Å². The number of hydrogen-bond donors (Lipinski definition) is 1. The van der Waals surface area contributed by atoms with E-state index in [1.807, 2.05) is 42.5 Å². The summed E-state index contributed by atoms with van der Waals surface area (Å²) in [4.78, 5) is 8.08. The number of para-hydroxylation sites is 1. The molecule has 0 saturated carbocycles. The molecule has 0 aliphatic carbocycles. The lowest BCUT2D eigenvalue weighted by Crippen LogP contribution is -2.00. The van der Waals surface area contributed by atoms with Gasteiger partial charge in [0.05, 0.1) is 30.8 Å². The van der Waals surface area contributed by atoms with Crippen LogP contribution in [0.3, 0.4) is 0 Å². The highest BCUT2D eigenvalue weighted by Crippen LogP contribution is 2.38. The lowest BCUT2D eigenvalue weighted by Gasteiger charge is -2.14. The molecule has 0 spiro atoms. The zero-order chi connectivity index (χ0) is 19.5. The van der Waals surface area contributed by atoms with Crippen molar-refractivity contribution in [1.29, 1.82) is 0 Å². The fourth-order valence-corrected chi connectivity index (χ4v) is 3.21. The molecule has 3 aromatic carbocycles. The van der Waals surface area contributed by atoms with Gasteiger partial charge >= 0.3 is 0 Å². The Labute approximate surface area is 163 Å². The van der Waals surface area contributed by atoms with Gasteiger partial charge in [-0.25, -0.2) is 4.98 Å². The van der Waals surface area contributed by atoms with E-state index in [1.54, 1.807) is 14.2 Å². The first kappa shape index (κ1) is 17.9. The molecule has 0 aliphatic heterocycles. The van der Waals surface area contributed by atoms with Gasteiger partial charge in [-0.3, -0.25) is 0 Å². The highest BCUT2D eigenvalue weighted by molar-refractivity contribution is 5.82. The molecule has 0 aliphatic rings. The molecule has 1 aromatic heterocycles. The summed E-state index contributed by atoms with van der Waals surface area (Å²) in [6.45, 7) is 2.52. The van der Waals surface area contributed by atoms with Gasteiger partial charge in [0.25, 0.3) is 0 Å². The van der Waals surface area contributed by atoms with Gasteiger partial charge in [-0.1, -0.05) is 35.9 Å². The molecule has 0 bridgehead atoms. The molecule has 1 heterocycles. The molecule has 142 valence electrons. The van der Waals surface area contributed by atoms with Crippen molar-refractivity contribution in [3.63, 3.8) is 0 Å². The number of fused-ring (bicyclic) bond motifs is 1. The SMILES string of the molecule is COc1ccc2nc(-c3cccc(OC)c3OCc3cccc(C)c3)[nH]c2c1. The number of ether oxygens (including phenoxy) is 3. The summed E-state index contributed by atoms with van der Waals surface area (Å²) in [5.74, 6) is 2.84. The maximum absolute atomic E-state index is 6.19. The average molecular weight is 374 g/mol. The molecule has 4 aromatic rings. The predicted octanol–water partition coefficient (Wildman–Crippen LogP) is 5.13. The minimum absolute atomic E-state index is 0.448. The summed E-state index contributed by atoms with van der Waals surface area (Å²) < 4.78 is 17.0. The number of imidazole rings is 1. The smallest absolute Gasteiger partial charge is 0.172 e. The molecule has 0 radical (unpaired) electrons. The average Bonchev–Trinajstić information content (AvgIpc) is 3.15. The molecular formula is C23H22N2O3. The summed E-state index contributed by atoms with van der Waals surface area (Å²) in [6, 6.07) is 19.8. The predicted molar refractivity (Wildman–Crippen MR) is 110 cm³/mol. The Kier molecular flexibility index (Phi) is 4.89. The summed E-state index contributed by atoms with van der Waals surface area (Å²) in [6.07, 6.45) is 0. The van der Waals surface area contributed by atoms with Crippen LogP contribution in [0, 0.1) is 6.92 Å². The van der Waals surface area contributed by atoms with Crippen LogP contribution < -0.4 is 14.2 Å². The molecule has 5 heteroatoms. The first-order valence-corrected chi connectivity index (χ1v) is 9.07. The summed E-state index contributed by atoms with van der Waals surface area (Å²) in [5.41, 5.74) is 4.92. The second kappa shape index (κ2) is 7.64. The number of aryl methyl sites for hydroxylation is 1. The van der Waals surface area contributed by atoms with Gasteiger partial charge in [0, 0.05) is 6.07 Å². The van der Waals surface area contributed by atoms with Crippen LogP contribution in [0.15, 0.2) is 60.7 Å². The molecule has 28 heavy (non-hydrogen) atoms. The van der Waals surface area contributed by atoms with Crippen LogP contribution >= 0.6 is 0 Å². The number of nitrogens with zero attached hydrogens (tertiary/aromatic N) is 1. The third kappa shape index (κ3) is 3.51. The van der Waals surface area contributed by atoms with Gasteiger partial charge in [-0.2, -0.15) is 0 Å². The third-order valence-electron chi connectivity index (χ3n) is 4.61. The number of benzene rings is 3. The van der Waals surface area contributed by atoms with E-state index in [4.69, 9.17) is 19.2 Å². The van der Waals surface area contributed by atoms with E-state index >= 15 is 0 Å². The van der Waals surface area contributed by atoms with E-state index in [-0.39, 0.29) is 0 Å². The van der Waals surface area contributed by atoms with Crippen molar-refractivity contribution in [2.45, 2.75) is 13.5 Å².